The molecular weight excluding hydrogens is 262 g/mol. The van der Waals surface area contributed by atoms with E-state index in [1.165, 1.54) is 0 Å². The van der Waals surface area contributed by atoms with E-state index < -0.39 is 0 Å². The van der Waals surface area contributed by atoms with Crippen molar-refractivity contribution in [2.24, 2.45) is 0 Å². The van der Waals surface area contributed by atoms with Gasteiger partial charge in [-0.05, 0) is 39.0 Å². The van der Waals surface area contributed by atoms with Crippen molar-refractivity contribution in [3.8, 4) is 0 Å². The molecule has 108 valence electrons. The average Bonchev–Trinajstić information content (AvgIpc) is 2.94. The van der Waals surface area contributed by atoms with Gasteiger partial charge in [0.2, 0.25) is 0 Å². The second-order valence-corrected chi connectivity index (χ2v) is 5.94. The van der Waals surface area contributed by atoms with E-state index >= 15 is 0 Å². The summed E-state index contributed by atoms with van der Waals surface area (Å²) in [5.41, 5.74) is 8.83. The Morgan fingerprint density at radius 2 is 1.95 bits per heavy atom. The molecule has 5 heteroatoms. The molecule has 1 saturated heterocycles. The molecule has 1 fully saturated rings. The Morgan fingerprint density at radius 1 is 1.19 bits per heavy atom. The molecule has 0 spiro atoms. The van der Waals surface area contributed by atoms with Gasteiger partial charge in [-0.25, -0.2) is 9.97 Å². The highest BCUT2D eigenvalue weighted by molar-refractivity contribution is 6.06. The van der Waals surface area contributed by atoms with Crippen molar-refractivity contribution in [1.29, 1.82) is 0 Å². The maximum Gasteiger partial charge on any atom is 0.150 e. The van der Waals surface area contributed by atoms with Crippen molar-refractivity contribution in [3.63, 3.8) is 0 Å². The molecule has 0 unspecified atom stereocenters. The zero-order valence-corrected chi connectivity index (χ0v) is 12.1. The van der Waals surface area contributed by atoms with Crippen molar-refractivity contribution >= 4 is 27.8 Å². The minimum absolute atomic E-state index is 0.492. The Morgan fingerprint density at radius 3 is 2.76 bits per heavy atom. The van der Waals surface area contributed by atoms with Gasteiger partial charge in [-0.15, -0.1) is 0 Å². The first-order valence-electron chi connectivity index (χ1n) is 7.45. The molecule has 4 rings (SSSR count). The normalized spacial score (nSPS) is 17.8. The molecule has 0 aliphatic carbocycles. The summed E-state index contributed by atoms with van der Waals surface area (Å²) in [5.74, 6) is 2.09. The fourth-order valence-corrected chi connectivity index (χ4v) is 3.20. The van der Waals surface area contributed by atoms with E-state index in [4.69, 9.17) is 10.7 Å². The lowest BCUT2D eigenvalue weighted by Gasteiger charge is -2.27. The van der Waals surface area contributed by atoms with E-state index in [-0.39, 0.29) is 0 Å². The molecule has 2 aromatic heterocycles. The summed E-state index contributed by atoms with van der Waals surface area (Å²) in [6.07, 6.45) is 2.28. The number of likely N-dealkylation sites (tertiary alicyclic amines) is 1. The van der Waals surface area contributed by atoms with Crippen LogP contribution in [-0.2, 0) is 0 Å². The summed E-state index contributed by atoms with van der Waals surface area (Å²) in [5, 5.41) is 1.07. The molecule has 0 bridgehead atoms. The summed E-state index contributed by atoms with van der Waals surface area (Å²) < 4.78 is 0. The van der Waals surface area contributed by atoms with E-state index in [2.05, 4.69) is 28.0 Å². The number of H-pyrrole nitrogens is 1. The summed E-state index contributed by atoms with van der Waals surface area (Å²) in [6.45, 7) is 2.24. The van der Waals surface area contributed by atoms with Gasteiger partial charge in [0.1, 0.15) is 22.7 Å². The van der Waals surface area contributed by atoms with Crippen LogP contribution >= 0.6 is 0 Å². The molecule has 0 amide bonds. The standard InChI is InChI=1S/C16H19N5/c1-21-8-6-10(7-9-21)16-19-13-11-4-2-3-5-12(11)18-15(17)14(13)20-16/h2-5,10H,6-9H2,1H3,(H2,17,18)(H,19,20). The first kappa shape index (κ1) is 12.6. The Hall–Kier alpha value is -2.14. The van der Waals surface area contributed by atoms with Crippen molar-refractivity contribution in [2.75, 3.05) is 25.9 Å². The number of nitrogen functional groups attached to an aromatic ring is 1. The molecule has 0 atom stereocenters. The summed E-state index contributed by atoms with van der Waals surface area (Å²) >= 11 is 0. The van der Waals surface area contributed by atoms with Crippen LogP contribution < -0.4 is 5.73 Å². The number of anilines is 1. The highest BCUT2D eigenvalue weighted by Crippen LogP contribution is 2.31. The van der Waals surface area contributed by atoms with Crippen molar-refractivity contribution in [2.45, 2.75) is 18.8 Å². The van der Waals surface area contributed by atoms with Gasteiger partial charge >= 0.3 is 0 Å². The Bertz CT molecular complexity index is 799. The molecule has 1 aliphatic rings. The number of pyridine rings is 1. The Kier molecular flexibility index (Phi) is 2.82. The number of fused-ring (bicyclic) bond motifs is 3. The Balaban J connectivity index is 1.85. The summed E-state index contributed by atoms with van der Waals surface area (Å²) in [4.78, 5) is 15.1. The second-order valence-electron chi connectivity index (χ2n) is 5.94. The van der Waals surface area contributed by atoms with Gasteiger partial charge in [0.15, 0.2) is 0 Å². The van der Waals surface area contributed by atoms with E-state index in [9.17, 15) is 0 Å². The number of aromatic amines is 1. The molecule has 0 radical (unpaired) electrons. The molecule has 0 saturated carbocycles. The molecular formula is C16H19N5. The minimum atomic E-state index is 0.492. The monoisotopic (exact) mass is 281 g/mol. The molecule has 3 aromatic rings. The number of benzene rings is 1. The van der Waals surface area contributed by atoms with Gasteiger partial charge in [0.25, 0.3) is 0 Å². The lowest BCUT2D eigenvalue weighted by Crippen LogP contribution is -2.29. The Labute approximate surface area is 123 Å². The molecule has 1 aromatic carbocycles. The maximum absolute atomic E-state index is 6.10. The van der Waals surface area contributed by atoms with Crippen molar-refractivity contribution in [3.05, 3.63) is 30.1 Å². The number of hydrogen-bond donors (Lipinski definition) is 2. The zero-order chi connectivity index (χ0) is 14.4. The lowest BCUT2D eigenvalue weighted by atomic mass is 9.97. The van der Waals surface area contributed by atoms with Crippen LogP contribution in [0.2, 0.25) is 0 Å². The van der Waals surface area contributed by atoms with Crippen LogP contribution in [0.25, 0.3) is 21.9 Å². The third-order valence-electron chi connectivity index (χ3n) is 4.48. The third-order valence-corrected chi connectivity index (χ3v) is 4.48. The van der Waals surface area contributed by atoms with E-state index in [0.29, 0.717) is 11.7 Å². The van der Waals surface area contributed by atoms with E-state index in [0.717, 1.165) is 53.7 Å². The number of nitrogens with zero attached hydrogens (tertiary/aromatic N) is 3. The number of rotatable bonds is 1. The quantitative estimate of drug-likeness (QED) is 0.719. The van der Waals surface area contributed by atoms with Crippen LogP contribution in [0.4, 0.5) is 5.82 Å². The number of aromatic nitrogens is 3. The fourth-order valence-electron chi connectivity index (χ4n) is 3.20. The van der Waals surface area contributed by atoms with Gasteiger partial charge in [0, 0.05) is 11.3 Å². The first-order valence-corrected chi connectivity index (χ1v) is 7.45. The van der Waals surface area contributed by atoms with Crippen molar-refractivity contribution < 1.29 is 0 Å². The predicted molar refractivity (Wildman–Crippen MR) is 85.3 cm³/mol. The van der Waals surface area contributed by atoms with Crippen LogP contribution in [0, 0.1) is 0 Å². The van der Waals surface area contributed by atoms with E-state index in [1.54, 1.807) is 0 Å². The number of nitrogens with two attached hydrogens (primary N) is 1. The lowest BCUT2D eigenvalue weighted by molar-refractivity contribution is 0.252. The summed E-state index contributed by atoms with van der Waals surface area (Å²) in [6, 6.07) is 8.03. The number of hydrogen-bond acceptors (Lipinski definition) is 4. The van der Waals surface area contributed by atoms with Crippen LogP contribution in [0.1, 0.15) is 24.6 Å². The van der Waals surface area contributed by atoms with E-state index in [1.807, 2.05) is 18.2 Å². The van der Waals surface area contributed by atoms with Gasteiger partial charge in [0.05, 0.1) is 5.52 Å². The highest BCUT2D eigenvalue weighted by Gasteiger charge is 2.22. The van der Waals surface area contributed by atoms with Gasteiger partial charge < -0.3 is 15.6 Å². The number of para-hydroxylation sites is 1. The zero-order valence-electron chi connectivity index (χ0n) is 12.1. The topological polar surface area (TPSA) is 70.8 Å². The largest absolute Gasteiger partial charge is 0.382 e. The smallest absolute Gasteiger partial charge is 0.150 e. The number of nitrogens with one attached hydrogen (secondary N) is 1. The van der Waals surface area contributed by atoms with Gasteiger partial charge in [-0.3, -0.25) is 0 Å². The molecule has 3 N–H and O–H groups in total. The van der Waals surface area contributed by atoms with Crippen LogP contribution in [0.15, 0.2) is 24.3 Å². The number of imidazole rings is 1. The van der Waals surface area contributed by atoms with Gasteiger partial charge in [-0.1, -0.05) is 18.2 Å². The number of piperidine rings is 1. The van der Waals surface area contributed by atoms with Crippen molar-refractivity contribution in [1.82, 2.24) is 19.9 Å². The minimum Gasteiger partial charge on any atom is -0.382 e. The van der Waals surface area contributed by atoms with Crippen LogP contribution in [0.5, 0.6) is 0 Å². The predicted octanol–water partition coefficient (Wildman–Crippen LogP) is 2.50. The van der Waals surface area contributed by atoms with Gasteiger partial charge in [-0.2, -0.15) is 0 Å². The van der Waals surface area contributed by atoms with Crippen LogP contribution in [0.3, 0.4) is 0 Å². The molecule has 3 heterocycles. The SMILES string of the molecule is CN1CCC(c2nc3c([nH]2)c(N)nc2ccccc23)CC1. The molecule has 5 nitrogen and oxygen atoms in total. The molecule has 21 heavy (non-hydrogen) atoms. The van der Waals surface area contributed by atoms with Crippen LogP contribution in [-0.4, -0.2) is 40.0 Å². The molecule has 1 aliphatic heterocycles. The average molecular weight is 281 g/mol. The third kappa shape index (κ3) is 2.05. The summed E-state index contributed by atoms with van der Waals surface area (Å²) in [7, 11) is 2.17. The highest BCUT2D eigenvalue weighted by atomic mass is 15.1. The maximum atomic E-state index is 6.10. The second kappa shape index (κ2) is 4.70. The first-order chi connectivity index (χ1) is 10.2. The fraction of sp³-hybridized carbons (Fsp3) is 0.375.